The first kappa shape index (κ1) is 63.4. The monoisotopic (exact) mass is 981 g/mol. The second-order valence-electron chi connectivity index (χ2n) is 18.5. The van der Waals surface area contributed by atoms with E-state index in [0.717, 1.165) is 77.0 Å². The van der Waals surface area contributed by atoms with Crippen molar-refractivity contribution >= 4 is 22.1 Å². The summed E-state index contributed by atoms with van der Waals surface area (Å²) in [5.74, 6) is -1.99. The molecule has 1 aliphatic heterocycles. The van der Waals surface area contributed by atoms with E-state index in [1.165, 1.54) is 103 Å². The Balaban J connectivity index is 2.36. The average Bonchev–Trinajstić information content (AvgIpc) is 3.31. The molecule has 6 unspecified atom stereocenters. The second kappa shape index (κ2) is 44.3. The number of carbonyl (C=O) groups is 2. The fourth-order valence-corrected chi connectivity index (χ4v) is 8.65. The number of hydrogen-bond acceptors (Lipinski definition) is 11. The maximum atomic E-state index is 12.9. The van der Waals surface area contributed by atoms with Crippen molar-refractivity contribution in [2.75, 3.05) is 19.0 Å². The van der Waals surface area contributed by atoms with Crippen LogP contribution in [0, 0.1) is 0 Å². The Morgan fingerprint density at radius 3 is 1.40 bits per heavy atom. The molecular weight excluding hydrogens is 885 g/mol. The van der Waals surface area contributed by atoms with Gasteiger partial charge in [0.2, 0.25) is 0 Å². The van der Waals surface area contributed by atoms with Crippen molar-refractivity contribution in [1.29, 1.82) is 0 Å². The predicted octanol–water partition coefficient (Wildman–Crippen LogP) is 12.5. The lowest BCUT2D eigenvalue weighted by molar-refractivity contribution is -0.297. The molecule has 394 valence electrons. The number of esters is 2. The lowest BCUT2D eigenvalue weighted by Gasteiger charge is -2.40. The Kier molecular flexibility index (Phi) is 41.3. The van der Waals surface area contributed by atoms with Crippen molar-refractivity contribution in [2.45, 2.75) is 256 Å². The zero-order chi connectivity index (χ0) is 49.8. The fraction of sp³-hybridized carbons (Fsp3) is 0.782. The highest BCUT2D eigenvalue weighted by Crippen LogP contribution is 2.24. The van der Waals surface area contributed by atoms with Gasteiger partial charge in [0, 0.05) is 12.8 Å². The first-order chi connectivity index (χ1) is 33.0. The minimum absolute atomic E-state index is 0.153. The van der Waals surface area contributed by atoms with Crippen LogP contribution in [0.4, 0.5) is 0 Å². The molecule has 0 radical (unpaired) electrons. The topological polar surface area (TPSA) is 186 Å². The molecule has 1 heterocycles. The van der Waals surface area contributed by atoms with Crippen molar-refractivity contribution in [2.24, 2.45) is 0 Å². The van der Waals surface area contributed by atoms with E-state index in [9.17, 15) is 37.9 Å². The first-order valence-electron chi connectivity index (χ1n) is 26.8. The molecule has 1 aliphatic rings. The average molecular weight is 981 g/mol. The predicted molar refractivity (Wildman–Crippen MR) is 275 cm³/mol. The maximum absolute atomic E-state index is 12.9. The van der Waals surface area contributed by atoms with Gasteiger partial charge < -0.3 is 34.3 Å². The highest BCUT2D eigenvalue weighted by molar-refractivity contribution is 7.85. The summed E-state index contributed by atoms with van der Waals surface area (Å²) in [6.45, 7) is 3.66. The molecule has 1 saturated heterocycles. The summed E-state index contributed by atoms with van der Waals surface area (Å²) in [7, 11) is -4.61. The van der Waals surface area contributed by atoms with Crippen LogP contribution in [0.25, 0.3) is 0 Å². The molecule has 0 amide bonds. The maximum Gasteiger partial charge on any atom is 0.306 e. The third kappa shape index (κ3) is 38.1. The third-order valence-corrected chi connectivity index (χ3v) is 12.8. The van der Waals surface area contributed by atoms with Crippen molar-refractivity contribution in [1.82, 2.24) is 0 Å². The number of rotatable bonds is 45. The molecule has 4 N–H and O–H groups in total. The van der Waals surface area contributed by atoms with Gasteiger partial charge in [-0.25, -0.2) is 0 Å². The van der Waals surface area contributed by atoms with E-state index in [1.54, 1.807) is 0 Å². The van der Waals surface area contributed by atoms with Crippen LogP contribution in [0.1, 0.15) is 219 Å². The van der Waals surface area contributed by atoms with Crippen molar-refractivity contribution in [3.63, 3.8) is 0 Å². The van der Waals surface area contributed by atoms with Crippen LogP contribution >= 0.6 is 0 Å². The molecule has 6 atom stereocenters. The second-order valence-corrected chi connectivity index (χ2v) is 20.0. The molecule has 0 bridgehead atoms. The number of aliphatic hydroxyl groups is 3. The van der Waals surface area contributed by atoms with E-state index in [-0.39, 0.29) is 19.4 Å². The van der Waals surface area contributed by atoms with Gasteiger partial charge >= 0.3 is 11.9 Å². The zero-order valence-corrected chi connectivity index (χ0v) is 43.3. The summed E-state index contributed by atoms with van der Waals surface area (Å²) in [4.78, 5) is 25.6. The SMILES string of the molecule is CC/C=C\C/C=C\C/C=C\C/C=C\CCCCCCCCCCC(=O)OC(COC(=O)CCCCCCCCCCC/C=C\CCCCCCCC)COC1OC(CS(=O)(=O)O)C(O)C(O)C1O. The molecule has 13 heteroatoms. The highest BCUT2D eigenvalue weighted by atomic mass is 32.2. The summed E-state index contributed by atoms with van der Waals surface area (Å²) in [5.41, 5.74) is 0. The molecule has 0 aliphatic carbocycles. The Morgan fingerprint density at radius 1 is 0.515 bits per heavy atom. The summed E-state index contributed by atoms with van der Waals surface area (Å²) in [5, 5.41) is 31.0. The standard InChI is InChI=1S/C55H96O12S/c1-3-5-7-9-11-13-15-17-19-21-23-24-26-28-30-32-34-36-38-40-42-44-51(57)66-48(46-65-55-54(60)53(59)52(58)49(67-55)47-68(61,62)63)45-64-50(56)43-41-39-37-35-33-31-29-27-25-22-20-18-16-14-12-10-8-6-4-2/h5,7,11,13,17-20,23-24,48-49,52-55,58-60H,3-4,6,8-10,12,14-16,21-22,25-47H2,1-2H3,(H,61,62,63)/b7-5-,13-11-,19-17-,20-18-,24-23-. The van der Waals surface area contributed by atoms with Gasteiger partial charge in [0.15, 0.2) is 12.4 Å². The van der Waals surface area contributed by atoms with Gasteiger partial charge in [-0.1, -0.05) is 190 Å². The molecule has 0 aromatic carbocycles. The molecular formula is C55H96O12S. The summed E-state index contributed by atoms with van der Waals surface area (Å²) in [6.07, 6.45) is 46.8. The smallest absolute Gasteiger partial charge is 0.306 e. The van der Waals surface area contributed by atoms with Crippen molar-refractivity contribution in [3.05, 3.63) is 60.8 Å². The van der Waals surface area contributed by atoms with E-state index in [1.807, 2.05) is 0 Å². The van der Waals surface area contributed by atoms with Gasteiger partial charge in [-0.2, -0.15) is 8.42 Å². The molecule has 12 nitrogen and oxygen atoms in total. The quantitative estimate of drug-likeness (QED) is 0.0196. The number of carbonyl (C=O) groups excluding carboxylic acids is 2. The van der Waals surface area contributed by atoms with Crippen LogP contribution in [0.15, 0.2) is 60.8 Å². The molecule has 0 spiro atoms. The van der Waals surface area contributed by atoms with Crippen LogP contribution in [-0.2, 0) is 38.7 Å². The normalized spacial score (nSPS) is 19.6. The van der Waals surface area contributed by atoms with Crippen LogP contribution < -0.4 is 0 Å². The lowest BCUT2D eigenvalue weighted by atomic mass is 10.00. The molecule has 0 aromatic rings. The number of allylic oxidation sites excluding steroid dienone is 10. The van der Waals surface area contributed by atoms with Gasteiger partial charge in [0.25, 0.3) is 10.1 Å². The number of aliphatic hydroxyl groups excluding tert-OH is 3. The van der Waals surface area contributed by atoms with Crippen molar-refractivity contribution in [3.8, 4) is 0 Å². The third-order valence-electron chi connectivity index (χ3n) is 12.1. The van der Waals surface area contributed by atoms with E-state index in [4.69, 9.17) is 18.9 Å². The van der Waals surface area contributed by atoms with Crippen LogP contribution in [0.3, 0.4) is 0 Å². The van der Waals surface area contributed by atoms with Crippen LogP contribution in [0.5, 0.6) is 0 Å². The number of unbranched alkanes of at least 4 members (excludes halogenated alkanes) is 23. The van der Waals surface area contributed by atoms with Gasteiger partial charge in [-0.15, -0.1) is 0 Å². The lowest BCUT2D eigenvalue weighted by Crippen LogP contribution is -2.60. The van der Waals surface area contributed by atoms with Crippen LogP contribution in [-0.4, -0.2) is 96.0 Å². The van der Waals surface area contributed by atoms with Gasteiger partial charge in [0.05, 0.1) is 6.61 Å². The van der Waals surface area contributed by atoms with E-state index >= 15 is 0 Å². The van der Waals surface area contributed by atoms with Gasteiger partial charge in [-0.3, -0.25) is 14.1 Å². The van der Waals surface area contributed by atoms with E-state index < -0.39 is 71.2 Å². The largest absolute Gasteiger partial charge is 0.462 e. The molecule has 0 saturated carbocycles. The number of hydrogen-bond donors (Lipinski definition) is 4. The Morgan fingerprint density at radius 2 is 0.926 bits per heavy atom. The van der Waals surface area contributed by atoms with E-state index in [0.29, 0.717) is 12.8 Å². The summed E-state index contributed by atoms with van der Waals surface area (Å²) < 4.78 is 54.3. The minimum Gasteiger partial charge on any atom is -0.462 e. The fourth-order valence-electron chi connectivity index (χ4n) is 7.96. The zero-order valence-electron chi connectivity index (χ0n) is 42.4. The van der Waals surface area contributed by atoms with E-state index in [2.05, 4.69) is 74.6 Å². The Bertz CT molecular complexity index is 1470. The minimum atomic E-state index is -4.61. The molecule has 68 heavy (non-hydrogen) atoms. The molecule has 1 fully saturated rings. The van der Waals surface area contributed by atoms with Gasteiger partial charge in [-0.05, 0) is 77.0 Å². The number of ether oxygens (including phenoxy) is 4. The summed E-state index contributed by atoms with van der Waals surface area (Å²) in [6, 6.07) is 0. The van der Waals surface area contributed by atoms with Gasteiger partial charge in [0.1, 0.15) is 36.8 Å². The van der Waals surface area contributed by atoms with Crippen molar-refractivity contribution < 1.29 is 56.8 Å². The van der Waals surface area contributed by atoms with Crippen LogP contribution in [0.2, 0.25) is 0 Å². The molecule has 1 rings (SSSR count). The first-order valence-corrected chi connectivity index (χ1v) is 28.5. The molecule has 0 aromatic heterocycles. The highest BCUT2D eigenvalue weighted by Gasteiger charge is 2.46. The Hall–Kier alpha value is -2.65. The Labute approximate surface area is 413 Å². The summed E-state index contributed by atoms with van der Waals surface area (Å²) >= 11 is 0.